The van der Waals surface area contributed by atoms with Crippen molar-refractivity contribution >= 4 is 11.6 Å². The zero-order valence-corrected chi connectivity index (χ0v) is 12.0. The van der Waals surface area contributed by atoms with Crippen LogP contribution in [0.1, 0.15) is 16.7 Å². The van der Waals surface area contributed by atoms with Gasteiger partial charge in [0.15, 0.2) is 0 Å². The largest absolute Gasteiger partial charge is 0.425 e. The van der Waals surface area contributed by atoms with E-state index in [0.717, 1.165) is 30.3 Å². The molecule has 0 aromatic heterocycles. The van der Waals surface area contributed by atoms with E-state index in [1.165, 1.54) is 6.07 Å². The fraction of sp³-hybridized carbons (Fsp3) is 0.200. The van der Waals surface area contributed by atoms with Gasteiger partial charge in [0.2, 0.25) is 5.60 Å². The molecule has 2 rings (SSSR count). The Balaban J connectivity index is 2.85. The quantitative estimate of drug-likeness (QED) is 0.739. The molecule has 0 aliphatic heterocycles. The van der Waals surface area contributed by atoms with E-state index in [9.17, 15) is 31.4 Å². The zero-order valence-electron chi connectivity index (χ0n) is 11.2. The van der Waals surface area contributed by atoms with E-state index in [1.54, 1.807) is 0 Å². The molecular formula is C15H9ClF6O. The number of rotatable bonds is 2. The van der Waals surface area contributed by atoms with Gasteiger partial charge < -0.3 is 5.11 Å². The van der Waals surface area contributed by atoms with Gasteiger partial charge in [-0.2, -0.15) is 26.3 Å². The maximum Gasteiger partial charge on any atom is 0.425 e. The highest BCUT2D eigenvalue weighted by Crippen LogP contribution is 2.49. The first-order valence-corrected chi connectivity index (χ1v) is 6.58. The third kappa shape index (κ3) is 3.03. The lowest BCUT2D eigenvalue weighted by Gasteiger charge is -2.34. The van der Waals surface area contributed by atoms with Crippen LogP contribution in [0.25, 0.3) is 0 Å². The van der Waals surface area contributed by atoms with Gasteiger partial charge in [0.1, 0.15) is 0 Å². The molecule has 8 heteroatoms. The SMILES string of the molecule is OC(c1ccccc1Cl)(c1ccccc1C(F)(F)F)C(F)(F)F. The number of hydrogen-bond donors (Lipinski definition) is 1. The standard InChI is InChI=1S/C15H9ClF6O/c16-12-8-4-3-7-11(12)13(23,15(20,21)22)9-5-1-2-6-10(9)14(17,18)19/h1-8,23H. The molecule has 2 aromatic rings. The average Bonchev–Trinajstić information content (AvgIpc) is 2.45. The Morgan fingerprint density at radius 3 is 1.57 bits per heavy atom. The van der Waals surface area contributed by atoms with Crippen molar-refractivity contribution in [1.29, 1.82) is 0 Å². The minimum Gasteiger partial charge on any atom is -0.372 e. The van der Waals surface area contributed by atoms with Gasteiger partial charge >= 0.3 is 12.4 Å². The van der Waals surface area contributed by atoms with Gasteiger partial charge in [-0.3, -0.25) is 0 Å². The molecule has 0 saturated carbocycles. The van der Waals surface area contributed by atoms with Gasteiger partial charge in [-0.05, 0) is 12.1 Å². The van der Waals surface area contributed by atoms with Crippen LogP contribution in [-0.2, 0) is 11.8 Å². The Morgan fingerprint density at radius 2 is 1.13 bits per heavy atom. The molecule has 0 fully saturated rings. The van der Waals surface area contributed by atoms with Gasteiger partial charge in [-0.25, -0.2) is 0 Å². The number of hydrogen-bond acceptors (Lipinski definition) is 1. The number of alkyl halides is 6. The van der Waals surface area contributed by atoms with Gasteiger partial charge in [-0.1, -0.05) is 48.0 Å². The van der Waals surface area contributed by atoms with E-state index in [-0.39, 0.29) is 0 Å². The molecule has 1 nitrogen and oxygen atoms in total. The highest BCUT2D eigenvalue weighted by atomic mass is 35.5. The summed E-state index contributed by atoms with van der Waals surface area (Å²) in [5, 5.41) is 9.81. The fourth-order valence-electron chi connectivity index (χ4n) is 2.25. The average molecular weight is 355 g/mol. The second kappa shape index (κ2) is 5.72. The Hall–Kier alpha value is -1.73. The van der Waals surface area contributed by atoms with E-state index in [4.69, 9.17) is 11.6 Å². The Kier molecular flexibility index (Phi) is 4.38. The molecule has 23 heavy (non-hydrogen) atoms. The normalized spacial score (nSPS) is 15.3. The van der Waals surface area contributed by atoms with Crippen molar-refractivity contribution in [2.24, 2.45) is 0 Å². The summed E-state index contributed by atoms with van der Waals surface area (Å²) in [6, 6.07) is 7.33. The number of halogens is 7. The Morgan fingerprint density at radius 1 is 0.696 bits per heavy atom. The third-order valence-corrected chi connectivity index (χ3v) is 3.63. The minimum atomic E-state index is -5.42. The third-order valence-electron chi connectivity index (χ3n) is 3.30. The Bertz CT molecular complexity index is 710. The number of aliphatic hydroxyl groups is 1. The van der Waals surface area contributed by atoms with Crippen molar-refractivity contribution in [3.05, 3.63) is 70.2 Å². The molecule has 2 aromatic carbocycles. The molecule has 0 saturated heterocycles. The van der Waals surface area contributed by atoms with Crippen molar-refractivity contribution in [3.8, 4) is 0 Å². The molecule has 0 radical (unpaired) electrons. The van der Waals surface area contributed by atoms with Gasteiger partial charge in [0.05, 0.1) is 5.56 Å². The molecule has 0 bridgehead atoms. The number of benzene rings is 2. The molecule has 0 heterocycles. The van der Waals surface area contributed by atoms with Crippen LogP contribution in [0.15, 0.2) is 48.5 Å². The molecule has 0 aliphatic rings. The Labute approximate surface area is 132 Å². The lowest BCUT2D eigenvalue weighted by molar-refractivity contribution is -0.250. The van der Waals surface area contributed by atoms with Gasteiger partial charge in [-0.15, -0.1) is 0 Å². The van der Waals surface area contributed by atoms with Crippen molar-refractivity contribution in [2.75, 3.05) is 0 Å². The minimum absolute atomic E-state index is 0.475. The fourth-order valence-corrected chi connectivity index (χ4v) is 2.52. The second-order valence-corrected chi connectivity index (χ2v) is 5.14. The van der Waals surface area contributed by atoms with Crippen LogP contribution in [0.5, 0.6) is 0 Å². The van der Waals surface area contributed by atoms with Crippen LogP contribution in [0, 0.1) is 0 Å². The summed E-state index contributed by atoms with van der Waals surface area (Å²) >= 11 is 5.69. The first-order chi connectivity index (χ1) is 10.5. The summed E-state index contributed by atoms with van der Waals surface area (Å²) in [6.45, 7) is 0. The highest BCUT2D eigenvalue weighted by Gasteiger charge is 2.59. The summed E-state index contributed by atoms with van der Waals surface area (Å²) in [6.07, 6.45) is -10.5. The van der Waals surface area contributed by atoms with Crippen LogP contribution in [0.4, 0.5) is 26.3 Å². The van der Waals surface area contributed by atoms with Crippen molar-refractivity contribution < 1.29 is 31.4 Å². The second-order valence-electron chi connectivity index (χ2n) is 4.73. The van der Waals surface area contributed by atoms with E-state index in [1.807, 2.05) is 0 Å². The summed E-state index contributed by atoms with van der Waals surface area (Å²) in [4.78, 5) is 0. The van der Waals surface area contributed by atoms with E-state index < -0.39 is 39.7 Å². The topological polar surface area (TPSA) is 20.2 Å². The van der Waals surface area contributed by atoms with Crippen molar-refractivity contribution in [2.45, 2.75) is 18.0 Å². The maximum atomic E-state index is 13.5. The summed E-state index contributed by atoms with van der Waals surface area (Å²) < 4.78 is 79.9. The molecule has 0 spiro atoms. The van der Waals surface area contributed by atoms with Crippen LogP contribution in [0.3, 0.4) is 0 Å². The van der Waals surface area contributed by atoms with E-state index in [2.05, 4.69) is 0 Å². The van der Waals surface area contributed by atoms with Gasteiger partial charge in [0, 0.05) is 16.1 Å². The first-order valence-electron chi connectivity index (χ1n) is 6.20. The van der Waals surface area contributed by atoms with Crippen molar-refractivity contribution in [3.63, 3.8) is 0 Å². The van der Waals surface area contributed by atoms with Crippen LogP contribution in [-0.4, -0.2) is 11.3 Å². The molecule has 0 aliphatic carbocycles. The van der Waals surface area contributed by atoms with Crippen LogP contribution in [0.2, 0.25) is 5.02 Å². The molecule has 1 unspecified atom stereocenters. The summed E-state index contributed by atoms with van der Waals surface area (Å²) in [5.41, 5.74) is -7.67. The molecule has 1 N–H and O–H groups in total. The molecule has 0 amide bonds. The molecular weight excluding hydrogens is 346 g/mol. The summed E-state index contributed by atoms with van der Waals surface area (Å²) in [5.74, 6) is 0. The maximum absolute atomic E-state index is 13.5. The lowest BCUT2D eigenvalue weighted by Crippen LogP contribution is -2.45. The first kappa shape index (κ1) is 17.6. The highest BCUT2D eigenvalue weighted by molar-refractivity contribution is 6.31. The smallest absolute Gasteiger partial charge is 0.372 e. The van der Waals surface area contributed by atoms with Crippen LogP contribution >= 0.6 is 11.6 Å². The van der Waals surface area contributed by atoms with Crippen molar-refractivity contribution in [1.82, 2.24) is 0 Å². The van der Waals surface area contributed by atoms with Crippen LogP contribution < -0.4 is 0 Å². The molecule has 124 valence electrons. The van der Waals surface area contributed by atoms with Gasteiger partial charge in [0.25, 0.3) is 0 Å². The van der Waals surface area contributed by atoms with E-state index in [0.29, 0.717) is 12.1 Å². The van der Waals surface area contributed by atoms with E-state index >= 15 is 0 Å². The monoisotopic (exact) mass is 354 g/mol. The molecule has 1 atom stereocenters. The summed E-state index contributed by atoms with van der Waals surface area (Å²) in [7, 11) is 0. The lowest BCUT2D eigenvalue weighted by atomic mass is 9.82. The predicted octanol–water partition coefficient (Wildman–Crippen LogP) is 5.16. The zero-order chi connectivity index (χ0) is 17.5. The predicted molar refractivity (Wildman–Crippen MR) is 71.9 cm³/mol.